The topological polar surface area (TPSA) is 62.8 Å². The molecule has 4 nitrogen and oxygen atoms in total. The lowest BCUT2D eigenvalue weighted by molar-refractivity contribution is 0.100. The fraction of sp³-hybridized carbons (Fsp3) is 0.250. The van der Waals surface area contributed by atoms with Crippen molar-refractivity contribution in [3.8, 4) is 0 Å². The molecule has 2 rings (SSSR count). The maximum Gasteiger partial charge on any atom is 0.251 e. The molecule has 0 fully saturated rings. The number of rotatable bonds is 2. The van der Waals surface area contributed by atoms with Crippen LogP contribution >= 0.6 is 0 Å². The number of aryl methyl sites for hydroxylation is 1. The Balaban J connectivity index is 2.83. The molecule has 0 aliphatic heterocycles. The molecule has 0 aliphatic rings. The first-order chi connectivity index (χ1) is 8.04. The lowest BCUT2D eigenvalue weighted by Gasteiger charge is -2.04. The smallest absolute Gasteiger partial charge is 0.251 e. The van der Waals surface area contributed by atoms with Crippen molar-refractivity contribution in [3.05, 3.63) is 39.7 Å². The van der Waals surface area contributed by atoms with E-state index < -0.39 is 11.6 Å². The van der Waals surface area contributed by atoms with Gasteiger partial charge in [-0.3, -0.25) is 9.59 Å². The Morgan fingerprint density at radius 3 is 2.82 bits per heavy atom. The van der Waals surface area contributed by atoms with E-state index in [9.17, 15) is 14.0 Å². The van der Waals surface area contributed by atoms with Crippen molar-refractivity contribution in [2.24, 2.45) is 0 Å². The third kappa shape index (κ3) is 1.84. The first-order valence-electron chi connectivity index (χ1n) is 5.26. The number of nitrogens with one attached hydrogen (secondary N) is 1. The summed E-state index contributed by atoms with van der Waals surface area (Å²) in [7, 11) is 0. The van der Waals surface area contributed by atoms with Gasteiger partial charge < -0.3 is 4.98 Å². The number of hydrogen-bond acceptors (Lipinski definition) is 3. The molecule has 1 N–H and O–H groups in total. The summed E-state index contributed by atoms with van der Waals surface area (Å²) in [6.07, 6.45) is 1.95. The monoisotopic (exact) mass is 234 g/mol. The van der Waals surface area contributed by atoms with Crippen LogP contribution in [0.3, 0.4) is 0 Å². The van der Waals surface area contributed by atoms with E-state index in [4.69, 9.17) is 0 Å². The number of nitrogens with zero attached hydrogens (tertiary/aromatic N) is 1. The van der Waals surface area contributed by atoms with Crippen LogP contribution in [0.2, 0.25) is 0 Å². The molecular weight excluding hydrogens is 223 g/mol. The van der Waals surface area contributed by atoms with E-state index in [-0.39, 0.29) is 16.8 Å². The number of ketones is 1. The van der Waals surface area contributed by atoms with Gasteiger partial charge in [0, 0.05) is 24.1 Å². The summed E-state index contributed by atoms with van der Waals surface area (Å²) in [5.41, 5.74) is 0.0127. The number of pyridine rings is 2. The lowest BCUT2D eigenvalue weighted by atomic mass is 10.1. The van der Waals surface area contributed by atoms with E-state index in [1.165, 1.54) is 13.1 Å². The first kappa shape index (κ1) is 11.4. The van der Waals surface area contributed by atoms with Gasteiger partial charge in [0.1, 0.15) is 5.69 Å². The van der Waals surface area contributed by atoms with E-state index in [0.717, 1.165) is 0 Å². The Hall–Kier alpha value is -2.04. The zero-order valence-corrected chi connectivity index (χ0v) is 9.50. The molecule has 2 heterocycles. The highest BCUT2D eigenvalue weighted by molar-refractivity contribution is 5.95. The summed E-state index contributed by atoms with van der Waals surface area (Å²) in [6.45, 7) is 3.07. The molecule has 88 valence electrons. The number of carbonyl (C=O) groups is 1. The summed E-state index contributed by atoms with van der Waals surface area (Å²) >= 11 is 0. The van der Waals surface area contributed by atoms with Crippen LogP contribution in [0, 0.1) is 5.82 Å². The van der Waals surface area contributed by atoms with Gasteiger partial charge in [0.05, 0.1) is 5.52 Å². The maximum absolute atomic E-state index is 13.9. The number of aromatic amines is 1. The Kier molecular flexibility index (Phi) is 2.75. The number of hydrogen-bond donors (Lipinski definition) is 1. The number of aromatic nitrogens is 2. The lowest BCUT2D eigenvalue weighted by Crippen LogP contribution is -2.13. The van der Waals surface area contributed by atoms with Crippen LogP contribution in [0.15, 0.2) is 17.1 Å². The predicted molar refractivity (Wildman–Crippen MR) is 61.7 cm³/mol. The van der Waals surface area contributed by atoms with Crippen LogP contribution in [0.5, 0.6) is 0 Å². The van der Waals surface area contributed by atoms with Gasteiger partial charge in [0.15, 0.2) is 11.6 Å². The summed E-state index contributed by atoms with van der Waals surface area (Å²) in [5, 5.41) is 0.490. The van der Waals surface area contributed by atoms with Gasteiger partial charge in [-0.05, 0) is 12.5 Å². The molecule has 2 aromatic heterocycles. The van der Waals surface area contributed by atoms with E-state index >= 15 is 0 Å². The largest absolute Gasteiger partial charge is 0.319 e. The molecule has 5 heteroatoms. The second-order valence-electron chi connectivity index (χ2n) is 3.78. The molecule has 0 spiro atoms. The molecule has 0 bridgehead atoms. The minimum absolute atomic E-state index is 0.0346. The van der Waals surface area contributed by atoms with Gasteiger partial charge in [-0.1, -0.05) is 6.92 Å². The van der Waals surface area contributed by atoms with Crippen molar-refractivity contribution >= 4 is 16.7 Å². The maximum atomic E-state index is 13.9. The Morgan fingerprint density at radius 2 is 2.24 bits per heavy atom. The standard InChI is InChI=1S/C12H11FN2O2/c1-3-7-4-8-5-14-10(6(2)16)9(13)11(8)15-12(7)17/h4-5H,3H2,1-2H3,(H,15,17). The van der Waals surface area contributed by atoms with Gasteiger partial charge >= 0.3 is 0 Å². The quantitative estimate of drug-likeness (QED) is 0.806. The number of halogens is 1. The Labute approximate surface area is 96.5 Å². The Morgan fingerprint density at radius 1 is 1.53 bits per heavy atom. The molecule has 0 saturated carbocycles. The van der Waals surface area contributed by atoms with Crippen molar-refractivity contribution in [1.82, 2.24) is 9.97 Å². The molecule has 2 aromatic rings. The van der Waals surface area contributed by atoms with Gasteiger partial charge in [-0.25, -0.2) is 9.37 Å². The fourth-order valence-electron chi connectivity index (χ4n) is 1.69. The summed E-state index contributed by atoms with van der Waals surface area (Å²) in [6, 6.07) is 1.59. The zero-order valence-electron chi connectivity index (χ0n) is 9.50. The van der Waals surface area contributed by atoms with E-state index in [1.807, 2.05) is 6.92 Å². The van der Waals surface area contributed by atoms with Crippen molar-refractivity contribution < 1.29 is 9.18 Å². The van der Waals surface area contributed by atoms with Gasteiger partial charge in [-0.2, -0.15) is 0 Å². The average Bonchev–Trinajstić information content (AvgIpc) is 2.29. The predicted octanol–water partition coefficient (Wildman–Crippen LogP) is 1.83. The van der Waals surface area contributed by atoms with Crippen molar-refractivity contribution in [2.75, 3.05) is 0 Å². The highest BCUT2D eigenvalue weighted by Crippen LogP contribution is 2.17. The van der Waals surface area contributed by atoms with E-state index in [0.29, 0.717) is 17.4 Å². The highest BCUT2D eigenvalue weighted by Gasteiger charge is 2.14. The van der Waals surface area contributed by atoms with Crippen molar-refractivity contribution in [1.29, 1.82) is 0 Å². The normalized spacial score (nSPS) is 10.8. The molecular formula is C12H11FN2O2. The molecule has 0 aromatic carbocycles. The third-order valence-electron chi connectivity index (χ3n) is 2.62. The van der Waals surface area contributed by atoms with Crippen LogP contribution in [0.25, 0.3) is 10.9 Å². The molecule has 0 unspecified atom stereocenters. The summed E-state index contributed by atoms with van der Waals surface area (Å²) in [4.78, 5) is 28.9. The Bertz CT molecular complexity index is 661. The SMILES string of the molecule is CCc1cc2cnc(C(C)=O)c(F)c2[nH]c1=O. The number of fused-ring (bicyclic) bond motifs is 1. The van der Waals surface area contributed by atoms with Crippen LogP contribution in [-0.2, 0) is 6.42 Å². The second kappa shape index (κ2) is 4.08. The van der Waals surface area contributed by atoms with Crippen molar-refractivity contribution in [3.63, 3.8) is 0 Å². The van der Waals surface area contributed by atoms with Crippen LogP contribution in [-0.4, -0.2) is 15.8 Å². The molecule has 0 saturated heterocycles. The zero-order chi connectivity index (χ0) is 12.6. The highest BCUT2D eigenvalue weighted by atomic mass is 19.1. The number of carbonyl (C=O) groups excluding carboxylic acids is 1. The van der Waals surface area contributed by atoms with Gasteiger partial charge in [0.25, 0.3) is 5.56 Å². The molecule has 0 radical (unpaired) electrons. The first-order valence-corrected chi connectivity index (χ1v) is 5.26. The molecule has 0 atom stereocenters. The summed E-state index contributed by atoms with van der Waals surface area (Å²) < 4.78 is 13.9. The van der Waals surface area contributed by atoms with Gasteiger partial charge in [0.2, 0.25) is 0 Å². The van der Waals surface area contributed by atoms with Crippen LogP contribution in [0.4, 0.5) is 4.39 Å². The molecule has 17 heavy (non-hydrogen) atoms. The molecule has 0 amide bonds. The summed E-state index contributed by atoms with van der Waals surface area (Å²) in [5.74, 6) is -1.24. The molecule has 0 aliphatic carbocycles. The van der Waals surface area contributed by atoms with E-state index in [1.54, 1.807) is 6.07 Å². The minimum Gasteiger partial charge on any atom is -0.319 e. The fourth-order valence-corrected chi connectivity index (χ4v) is 1.69. The van der Waals surface area contributed by atoms with E-state index in [2.05, 4.69) is 9.97 Å². The third-order valence-corrected chi connectivity index (χ3v) is 2.62. The second-order valence-corrected chi connectivity index (χ2v) is 3.78. The number of H-pyrrole nitrogens is 1. The van der Waals surface area contributed by atoms with Crippen LogP contribution in [0.1, 0.15) is 29.9 Å². The average molecular weight is 234 g/mol. The minimum atomic E-state index is -0.769. The van der Waals surface area contributed by atoms with Crippen molar-refractivity contribution in [2.45, 2.75) is 20.3 Å². The van der Waals surface area contributed by atoms with Gasteiger partial charge in [-0.15, -0.1) is 0 Å². The van der Waals surface area contributed by atoms with Crippen LogP contribution < -0.4 is 5.56 Å². The number of Topliss-reactive ketones (excluding diaryl/α,β-unsaturated/α-hetero) is 1.